The molecule has 0 aliphatic heterocycles. The van der Waals surface area contributed by atoms with Gasteiger partial charge in [-0.2, -0.15) is 0 Å². The molecule has 0 fully saturated rings. The van der Waals surface area contributed by atoms with E-state index < -0.39 is 0 Å². The first-order valence-corrected chi connectivity index (χ1v) is 4.38. The van der Waals surface area contributed by atoms with Gasteiger partial charge in [0.25, 0.3) is 6.47 Å². The van der Waals surface area contributed by atoms with Crippen LogP contribution in [0.1, 0.15) is 0 Å². The summed E-state index contributed by atoms with van der Waals surface area (Å²) >= 11 is 6.48. The smallest absolute Gasteiger partial charge is 0.298 e. The van der Waals surface area contributed by atoms with Crippen LogP contribution >= 0.6 is 31.9 Å². The molecule has 1 aromatic rings. The summed E-state index contributed by atoms with van der Waals surface area (Å²) in [4.78, 5) is 9.98. The van der Waals surface area contributed by atoms with Gasteiger partial charge in [0.05, 0.1) is 4.47 Å². The van der Waals surface area contributed by atoms with Gasteiger partial charge in [-0.05, 0) is 34.1 Å². The summed E-state index contributed by atoms with van der Waals surface area (Å²) in [5.41, 5.74) is 0. The fourth-order valence-electron chi connectivity index (χ4n) is 0.619. The molecular formula is C7H4Br2O2. The van der Waals surface area contributed by atoms with Gasteiger partial charge >= 0.3 is 0 Å². The van der Waals surface area contributed by atoms with E-state index in [9.17, 15) is 4.79 Å². The van der Waals surface area contributed by atoms with E-state index in [1.54, 1.807) is 12.1 Å². The SMILES string of the molecule is O=COc1cc(Br)ccc1Br. The topological polar surface area (TPSA) is 26.3 Å². The molecule has 0 aromatic heterocycles. The zero-order valence-electron chi connectivity index (χ0n) is 5.38. The fourth-order valence-corrected chi connectivity index (χ4v) is 1.30. The molecule has 58 valence electrons. The zero-order chi connectivity index (χ0) is 8.27. The van der Waals surface area contributed by atoms with Crippen LogP contribution in [0.2, 0.25) is 0 Å². The number of benzene rings is 1. The molecule has 0 radical (unpaired) electrons. The number of halogens is 2. The van der Waals surface area contributed by atoms with Crippen LogP contribution in [0.3, 0.4) is 0 Å². The third kappa shape index (κ3) is 2.31. The van der Waals surface area contributed by atoms with Gasteiger partial charge in [0.1, 0.15) is 5.75 Å². The molecule has 1 aromatic carbocycles. The summed E-state index contributed by atoms with van der Waals surface area (Å²) < 4.78 is 6.29. The van der Waals surface area contributed by atoms with Crippen molar-refractivity contribution in [2.75, 3.05) is 0 Å². The lowest BCUT2D eigenvalue weighted by molar-refractivity contribution is -0.120. The minimum absolute atomic E-state index is 0.395. The van der Waals surface area contributed by atoms with Crippen molar-refractivity contribution in [2.45, 2.75) is 0 Å². The summed E-state index contributed by atoms with van der Waals surface area (Å²) in [7, 11) is 0. The van der Waals surface area contributed by atoms with Crippen LogP contribution in [-0.2, 0) is 4.79 Å². The third-order valence-corrected chi connectivity index (χ3v) is 2.22. The highest BCUT2D eigenvalue weighted by Gasteiger charge is 1.99. The standard InChI is InChI=1S/C7H4Br2O2/c8-5-1-2-6(9)7(3-5)11-4-10/h1-4H. The Kier molecular flexibility index (Phi) is 3.08. The predicted molar refractivity (Wildman–Crippen MR) is 48.5 cm³/mol. The molecule has 0 atom stereocenters. The number of rotatable bonds is 2. The average Bonchev–Trinajstić information content (AvgIpc) is 1.98. The molecule has 0 bridgehead atoms. The minimum atomic E-state index is 0.395. The molecule has 0 heterocycles. The van der Waals surface area contributed by atoms with E-state index in [2.05, 4.69) is 36.6 Å². The maximum absolute atomic E-state index is 9.98. The largest absolute Gasteiger partial charge is 0.428 e. The van der Waals surface area contributed by atoms with Crippen molar-refractivity contribution in [1.82, 2.24) is 0 Å². The molecule has 1 rings (SSSR count). The number of ether oxygens (including phenoxy) is 1. The van der Waals surface area contributed by atoms with Crippen molar-refractivity contribution in [3.05, 3.63) is 27.1 Å². The Bertz CT molecular complexity index is 273. The van der Waals surface area contributed by atoms with Gasteiger partial charge < -0.3 is 4.74 Å². The molecule has 0 aliphatic carbocycles. The summed E-state index contributed by atoms with van der Waals surface area (Å²) in [6.07, 6.45) is 0. The summed E-state index contributed by atoms with van der Waals surface area (Å²) in [5, 5.41) is 0. The van der Waals surface area contributed by atoms with Gasteiger partial charge in [-0.25, -0.2) is 0 Å². The van der Waals surface area contributed by atoms with E-state index in [-0.39, 0.29) is 0 Å². The van der Waals surface area contributed by atoms with Crippen molar-refractivity contribution >= 4 is 38.3 Å². The average molecular weight is 280 g/mol. The Morgan fingerprint density at radius 1 is 1.36 bits per heavy atom. The van der Waals surface area contributed by atoms with Gasteiger partial charge in [-0.1, -0.05) is 15.9 Å². The minimum Gasteiger partial charge on any atom is -0.428 e. The Hall–Kier alpha value is -0.350. The van der Waals surface area contributed by atoms with Gasteiger partial charge in [0.15, 0.2) is 0 Å². The van der Waals surface area contributed by atoms with E-state index in [1.807, 2.05) is 6.07 Å². The normalized spacial score (nSPS) is 9.27. The Morgan fingerprint density at radius 3 is 2.73 bits per heavy atom. The van der Waals surface area contributed by atoms with E-state index in [0.717, 1.165) is 8.95 Å². The highest BCUT2D eigenvalue weighted by molar-refractivity contribution is 9.11. The zero-order valence-corrected chi connectivity index (χ0v) is 8.55. The van der Waals surface area contributed by atoms with Crippen molar-refractivity contribution in [1.29, 1.82) is 0 Å². The highest BCUT2D eigenvalue weighted by atomic mass is 79.9. The number of carbonyl (C=O) groups excluding carboxylic acids is 1. The summed E-state index contributed by atoms with van der Waals surface area (Å²) in [6.45, 7) is 0.395. The maximum Gasteiger partial charge on any atom is 0.298 e. The lowest BCUT2D eigenvalue weighted by Gasteiger charge is -2.00. The Morgan fingerprint density at radius 2 is 2.09 bits per heavy atom. The predicted octanol–water partition coefficient (Wildman–Crippen LogP) is 2.75. The Balaban J connectivity index is 3.01. The number of hydrogen-bond donors (Lipinski definition) is 0. The van der Waals surface area contributed by atoms with Crippen molar-refractivity contribution in [3.63, 3.8) is 0 Å². The van der Waals surface area contributed by atoms with Crippen LogP contribution in [0.4, 0.5) is 0 Å². The first-order chi connectivity index (χ1) is 5.24. The van der Waals surface area contributed by atoms with Crippen LogP contribution in [-0.4, -0.2) is 6.47 Å². The Labute approximate surface area is 80.8 Å². The van der Waals surface area contributed by atoms with Crippen molar-refractivity contribution in [3.8, 4) is 5.75 Å². The molecule has 4 heteroatoms. The number of hydrogen-bond acceptors (Lipinski definition) is 2. The molecule has 0 N–H and O–H groups in total. The summed E-state index contributed by atoms with van der Waals surface area (Å²) in [6, 6.07) is 5.35. The molecule has 2 nitrogen and oxygen atoms in total. The van der Waals surface area contributed by atoms with E-state index >= 15 is 0 Å². The molecule has 0 saturated carbocycles. The molecular weight excluding hydrogens is 276 g/mol. The quantitative estimate of drug-likeness (QED) is 0.778. The van der Waals surface area contributed by atoms with E-state index in [0.29, 0.717) is 12.2 Å². The van der Waals surface area contributed by atoms with Gasteiger partial charge in [-0.3, -0.25) is 4.79 Å². The molecule has 0 amide bonds. The van der Waals surface area contributed by atoms with Gasteiger partial charge in [-0.15, -0.1) is 0 Å². The van der Waals surface area contributed by atoms with Crippen LogP contribution in [0.15, 0.2) is 27.1 Å². The lowest BCUT2D eigenvalue weighted by atomic mass is 10.3. The van der Waals surface area contributed by atoms with Crippen molar-refractivity contribution < 1.29 is 9.53 Å². The first-order valence-electron chi connectivity index (χ1n) is 2.79. The fraction of sp³-hybridized carbons (Fsp3) is 0. The second kappa shape index (κ2) is 3.88. The molecule has 11 heavy (non-hydrogen) atoms. The lowest BCUT2D eigenvalue weighted by Crippen LogP contribution is -1.88. The monoisotopic (exact) mass is 278 g/mol. The van der Waals surface area contributed by atoms with Crippen LogP contribution in [0.25, 0.3) is 0 Å². The molecule has 0 aliphatic rings. The van der Waals surface area contributed by atoms with E-state index in [4.69, 9.17) is 0 Å². The highest BCUT2D eigenvalue weighted by Crippen LogP contribution is 2.27. The van der Waals surface area contributed by atoms with Gasteiger partial charge in [0.2, 0.25) is 0 Å². The van der Waals surface area contributed by atoms with Gasteiger partial charge in [0, 0.05) is 4.47 Å². The third-order valence-electron chi connectivity index (χ3n) is 1.07. The van der Waals surface area contributed by atoms with E-state index in [1.165, 1.54) is 0 Å². The van der Waals surface area contributed by atoms with Crippen molar-refractivity contribution in [2.24, 2.45) is 0 Å². The maximum atomic E-state index is 9.98. The first kappa shape index (κ1) is 8.74. The second-order valence-corrected chi connectivity index (χ2v) is 3.56. The van der Waals surface area contributed by atoms with Crippen LogP contribution < -0.4 is 4.74 Å². The van der Waals surface area contributed by atoms with Crippen LogP contribution in [0, 0.1) is 0 Å². The molecule has 0 saturated heterocycles. The number of carbonyl (C=O) groups is 1. The summed E-state index contributed by atoms with van der Waals surface area (Å²) in [5.74, 6) is 0.509. The van der Waals surface area contributed by atoms with Crippen LogP contribution in [0.5, 0.6) is 5.75 Å². The molecule has 0 spiro atoms. The second-order valence-electron chi connectivity index (χ2n) is 1.79. The molecule has 0 unspecified atom stereocenters.